The first kappa shape index (κ1) is 18.0. The van der Waals surface area contributed by atoms with E-state index < -0.39 is 0 Å². The van der Waals surface area contributed by atoms with Crippen LogP contribution in [0.25, 0.3) is 38.8 Å². The van der Waals surface area contributed by atoms with Gasteiger partial charge in [-0.3, -0.25) is 0 Å². The van der Waals surface area contributed by atoms with Crippen molar-refractivity contribution in [3.63, 3.8) is 0 Å². The molecular formula is C25H21BrN3+. The number of hydrogen-bond acceptors (Lipinski definition) is 1. The molecule has 5 rings (SSSR count). The third-order valence-corrected chi connectivity index (χ3v) is 5.89. The van der Waals surface area contributed by atoms with Crippen LogP contribution >= 0.6 is 15.9 Å². The molecule has 0 spiro atoms. The Bertz CT molecular complexity index is 1320. The zero-order valence-electron chi connectivity index (χ0n) is 16.4. The van der Waals surface area contributed by atoms with E-state index in [0.717, 1.165) is 26.9 Å². The maximum atomic E-state index is 3.57. The molecule has 29 heavy (non-hydrogen) atoms. The molecule has 0 radical (unpaired) electrons. The quantitative estimate of drug-likeness (QED) is 0.335. The lowest BCUT2D eigenvalue weighted by molar-refractivity contribution is -0.582. The van der Waals surface area contributed by atoms with Crippen molar-refractivity contribution in [1.29, 1.82) is 0 Å². The molecule has 0 amide bonds. The van der Waals surface area contributed by atoms with Crippen molar-refractivity contribution < 1.29 is 4.57 Å². The monoisotopic (exact) mass is 442 g/mol. The predicted molar refractivity (Wildman–Crippen MR) is 125 cm³/mol. The molecular weight excluding hydrogens is 422 g/mol. The number of benzene rings is 3. The fraction of sp³-hybridized carbons (Fsp3) is 0.0800. The predicted octanol–water partition coefficient (Wildman–Crippen LogP) is 6.09. The van der Waals surface area contributed by atoms with Crippen molar-refractivity contribution in [2.24, 2.45) is 0 Å². The van der Waals surface area contributed by atoms with Crippen LogP contribution in [0.1, 0.15) is 0 Å². The number of hydrogen-bond donors (Lipinski definition) is 1. The minimum atomic E-state index is 1.08. The molecule has 4 heteroatoms. The molecule has 0 fully saturated rings. The van der Waals surface area contributed by atoms with Crippen LogP contribution in [0.3, 0.4) is 0 Å². The Morgan fingerprint density at radius 3 is 2.24 bits per heavy atom. The molecule has 1 N–H and O–H groups in total. The van der Waals surface area contributed by atoms with Crippen molar-refractivity contribution in [3.05, 3.63) is 89.5 Å². The van der Waals surface area contributed by atoms with Gasteiger partial charge in [0.2, 0.25) is 11.4 Å². The second-order valence-corrected chi connectivity index (χ2v) is 8.36. The van der Waals surface area contributed by atoms with E-state index in [0.29, 0.717) is 0 Å². The van der Waals surface area contributed by atoms with Crippen LogP contribution < -0.4 is 9.47 Å². The Morgan fingerprint density at radius 2 is 1.52 bits per heavy atom. The molecule has 0 saturated carbocycles. The van der Waals surface area contributed by atoms with Gasteiger partial charge in [-0.15, -0.1) is 0 Å². The lowest BCUT2D eigenvalue weighted by atomic mass is 10.1. The number of H-pyrrole nitrogens is 1. The van der Waals surface area contributed by atoms with Crippen molar-refractivity contribution in [2.45, 2.75) is 0 Å². The van der Waals surface area contributed by atoms with Crippen molar-refractivity contribution in [3.8, 4) is 16.9 Å². The lowest BCUT2D eigenvalue weighted by Gasteiger charge is -2.12. The van der Waals surface area contributed by atoms with Gasteiger partial charge in [-0.2, -0.15) is 4.57 Å². The van der Waals surface area contributed by atoms with Gasteiger partial charge in [0.05, 0.1) is 0 Å². The average Bonchev–Trinajstić information content (AvgIpc) is 3.11. The largest absolute Gasteiger partial charge is 0.378 e. The molecule has 3 aromatic carbocycles. The summed E-state index contributed by atoms with van der Waals surface area (Å²) in [6.07, 6.45) is 2.21. The lowest BCUT2D eigenvalue weighted by Crippen LogP contribution is -2.33. The van der Waals surface area contributed by atoms with E-state index in [1.54, 1.807) is 0 Å². The summed E-state index contributed by atoms with van der Waals surface area (Å²) in [5.41, 5.74) is 6.94. The average molecular weight is 443 g/mol. The summed E-state index contributed by atoms with van der Waals surface area (Å²) in [4.78, 5) is 5.69. The highest BCUT2D eigenvalue weighted by Gasteiger charge is 2.20. The number of anilines is 1. The van der Waals surface area contributed by atoms with Crippen LogP contribution in [0.2, 0.25) is 0 Å². The van der Waals surface area contributed by atoms with E-state index >= 15 is 0 Å². The maximum Gasteiger partial charge on any atom is 0.219 e. The van der Waals surface area contributed by atoms with Crippen molar-refractivity contribution in [2.75, 3.05) is 19.0 Å². The third-order valence-electron chi connectivity index (χ3n) is 5.36. The highest BCUT2D eigenvalue weighted by molar-refractivity contribution is 9.10. The van der Waals surface area contributed by atoms with E-state index in [9.17, 15) is 0 Å². The van der Waals surface area contributed by atoms with Crippen LogP contribution in [-0.4, -0.2) is 19.1 Å². The molecule has 142 valence electrons. The molecule has 0 aliphatic carbocycles. The number of fused-ring (bicyclic) bond motifs is 3. The summed E-state index contributed by atoms with van der Waals surface area (Å²) < 4.78 is 3.34. The Morgan fingerprint density at radius 1 is 0.793 bits per heavy atom. The minimum absolute atomic E-state index is 1.08. The van der Waals surface area contributed by atoms with Crippen LogP contribution in [0, 0.1) is 0 Å². The van der Waals surface area contributed by atoms with E-state index in [1.807, 2.05) is 0 Å². The van der Waals surface area contributed by atoms with Crippen molar-refractivity contribution >= 4 is 43.4 Å². The van der Waals surface area contributed by atoms with Crippen LogP contribution in [0.15, 0.2) is 89.5 Å². The van der Waals surface area contributed by atoms with Crippen LogP contribution in [0.5, 0.6) is 0 Å². The molecule has 0 saturated heterocycles. The molecule has 2 aromatic heterocycles. The van der Waals surface area contributed by atoms with Crippen LogP contribution in [0.4, 0.5) is 5.69 Å². The van der Waals surface area contributed by atoms with Gasteiger partial charge in [-0.1, -0.05) is 34.1 Å². The SMILES string of the molecule is CN(C)c1ccc(-[n+]2cc3[nH]c4ccccc4c3cc2-c2ccc(Br)cc2)cc1. The molecule has 0 aliphatic heterocycles. The van der Waals surface area contributed by atoms with E-state index in [-0.39, 0.29) is 0 Å². The zero-order valence-corrected chi connectivity index (χ0v) is 17.9. The van der Waals surface area contributed by atoms with Gasteiger partial charge in [0.1, 0.15) is 5.52 Å². The smallest absolute Gasteiger partial charge is 0.219 e. The topological polar surface area (TPSA) is 22.9 Å². The highest BCUT2D eigenvalue weighted by atomic mass is 79.9. The summed E-state index contributed by atoms with van der Waals surface area (Å²) in [5, 5.41) is 2.48. The molecule has 5 aromatic rings. The summed E-state index contributed by atoms with van der Waals surface area (Å²) in [7, 11) is 4.12. The molecule has 3 nitrogen and oxygen atoms in total. The Labute approximate surface area is 178 Å². The fourth-order valence-electron chi connectivity index (χ4n) is 3.81. The van der Waals surface area contributed by atoms with Gasteiger partial charge in [0, 0.05) is 64.3 Å². The van der Waals surface area contributed by atoms with E-state index in [4.69, 9.17) is 0 Å². The number of nitrogens with one attached hydrogen (secondary N) is 1. The number of halogens is 1. The first-order chi connectivity index (χ1) is 14.1. The Kier molecular flexibility index (Phi) is 4.36. The Hall–Kier alpha value is -3.11. The summed E-state index contributed by atoms with van der Waals surface area (Å²) in [5.74, 6) is 0. The summed E-state index contributed by atoms with van der Waals surface area (Å²) >= 11 is 3.55. The maximum absolute atomic E-state index is 3.57. The van der Waals surface area contributed by atoms with E-state index in [2.05, 4.69) is 130 Å². The van der Waals surface area contributed by atoms with Gasteiger partial charge in [0.15, 0.2) is 6.20 Å². The van der Waals surface area contributed by atoms with Gasteiger partial charge < -0.3 is 9.88 Å². The van der Waals surface area contributed by atoms with Gasteiger partial charge in [-0.05, 0) is 42.5 Å². The van der Waals surface area contributed by atoms with Crippen molar-refractivity contribution in [1.82, 2.24) is 4.98 Å². The minimum Gasteiger partial charge on any atom is -0.378 e. The van der Waals surface area contributed by atoms with Gasteiger partial charge in [-0.25, -0.2) is 0 Å². The fourth-order valence-corrected chi connectivity index (χ4v) is 4.08. The number of nitrogens with zero attached hydrogens (tertiary/aromatic N) is 2. The van der Waals surface area contributed by atoms with E-state index in [1.165, 1.54) is 22.0 Å². The van der Waals surface area contributed by atoms with Crippen LogP contribution in [-0.2, 0) is 0 Å². The first-order valence-electron chi connectivity index (χ1n) is 9.60. The molecule has 0 unspecified atom stereocenters. The summed E-state index contributed by atoms with van der Waals surface area (Å²) in [6.45, 7) is 0. The normalized spacial score (nSPS) is 11.3. The zero-order chi connectivity index (χ0) is 20.0. The highest BCUT2D eigenvalue weighted by Crippen LogP contribution is 2.29. The first-order valence-corrected chi connectivity index (χ1v) is 10.4. The second kappa shape index (κ2) is 7.05. The third kappa shape index (κ3) is 3.19. The number of pyridine rings is 1. The second-order valence-electron chi connectivity index (χ2n) is 7.44. The number of aromatic nitrogens is 2. The standard InChI is InChI=1S/C25H20BrN3/c1-28(2)19-11-13-20(14-12-19)29-16-24-22(21-5-3-4-6-23(21)27-24)15-25(29)17-7-9-18(26)10-8-17/h3-16H,1-2H3/p+1. The summed E-state index contributed by atoms with van der Waals surface area (Å²) in [6, 6.07) is 27.9. The molecule has 2 heterocycles. The molecule has 0 aliphatic rings. The van der Waals surface area contributed by atoms with Gasteiger partial charge >= 0.3 is 0 Å². The Balaban J connectivity index is 1.79. The number of aromatic amines is 1. The number of para-hydroxylation sites is 1. The molecule has 0 bridgehead atoms. The number of rotatable bonds is 3. The van der Waals surface area contributed by atoms with Gasteiger partial charge in [0.25, 0.3) is 0 Å². The molecule has 0 atom stereocenters.